The lowest BCUT2D eigenvalue weighted by Gasteiger charge is -2.23. The molecule has 1 saturated carbocycles. The number of methoxy groups -OCH3 is 1. The molecule has 0 aliphatic heterocycles. The van der Waals surface area contributed by atoms with Crippen molar-refractivity contribution in [2.45, 2.75) is 71.4 Å². The summed E-state index contributed by atoms with van der Waals surface area (Å²) in [5, 5.41) is 0. The summed E-state index contributed by atoms with van der Waals surface area (Å²) in [4.78, 5) is 27.1. The fraction of sp³-hybridized carbons (Fsp3) is 0.538. The van der Waals surface area contributed by atoms with Gasteiger partial charge in [0.25, 0.3) is 5.56 Å². The Hall–Kier alpha value is -2.40. The van der Waals surface area contributed by atoms with Gasteiger partial charge in [-0.05, 0) is 81.4 Å². The van der Waals surface area contributed by atoms with Gasteiger partial charge in [-0.15, -0.1) is 0 Å². The Morgan fingerprint density at radius 1 is 1.19 bits per heavy atom. The standard InChI is InChI=1S/C26H36N2O3/c1-5-6-7-15-27(3)18-24-23(21-12-13-21)17-19(2)25(29)28(24)16-14-20-8-10-22(11-9-20)26(30)31-4/h8-11,17,21H,5-7,12-16,18H2,1-4H3. The van der Waals surface area contributed by atoms with Gasteiger partial charge < -0.3 is 14.2 Å². The van der Waals surface area contributed by atoms with Gasteiger partial charge in [0.15, 0.2) is 0 Å². The second-order valence-corrected chi connectivity index (χ2v) is 8.84. The number of benzene rings is 1. The second-order valence-electron chi connectivity index (χ2n) is 8.84. The van der Waals surface area contributed by atoms with Gasteiger partial charge in [-0.2, -0.15) is 0 Å². The van der Waals surface area contributed by atoms with Crippen molar-refractivity contribution in [3.05, 3.63) is 68.6 Å². The Morgan fingerprint density at radius 3 is 2.52 bits per heavy atom. The average molecular weight is 425 g/mol. The summed E-state index contributed by atoms with van der Waals surface area (Å²) in [5.74, 6) is 0.271. The van der Waals surface area contributed by atoms with Crippen LogP contribution in [0.25, 0.3) is 0 Å². The molecule has 0 saturated heterocycles. The van der Waals surface area contributed by atoms with E-state index in [0.29, 0.717) is 18.0 Å². The topological polar surface area (TPSA) is 51.5 Å². The van der Waals surface area contributed by atoms with E-state index >= 15 is 0 Å². The number of rotatable bonds is 11. The van der Waals surface area contributed by atoms with E-state index in [1.165, 1.54) is 50.5 Å². The molecule has 0 unspecified atom stereocenters. The van der Waals surface area contributed by atoms with Gasteiger partial charge in [-0.3, -0.25) is 4.79 Å². The number of aromatic nitrogens is 1. The zero-order valence-electron chi connectivity index (χ0n) is 19.4. The van der Waals surface area contributed by atoms with Crippen LogP contribution >= 0.6 is 0 Å². The minimum atomic E-state index is -0.330. The SMILES string of the molecule is CCCCCN(C)Cc1c(C2CC2)cc(C)c(=O)n1CCc1ccc(C(=O)OC)cc1. The van der Waals surface area contributed by atoms with Crippen molar-refractivity contribution in [3.8, 4) is 0 Å². The molecule has 2 aromatic rings. The average Bonchev–Trinajstić information content (AvgIpc) is 3.61. The lowest BCUT2D eigenvalue weighted by atomic mass is 10.0. The Labute approximate surface area is 186 Å². The summed E-state index contributed by atoms with van der Waals surface area (Å²) < 4.78 is 6.78. The summed E-state index contributed by atoms with van der Waals surface area (Å²) >= 11 is 0. The van der Waals surface area contributed by atoms with Gasteiger partial charge in [0.1, 0.15) is 0 Å². The first kappa shape index (κ1) is 23.3. The van der Waals surface area contributed by atoms with Crippen LogP contribution in [0.2, 0.25) is 0 Å². The molecule has 1 heterocycles. The van der Waals surface area contributed by atoms with E-state index in [1.54, 1.807) is 12.1 Å². The Bertz CT molecular complexity index is 942. The van der Waals surface area contributed by atoms with Crippen molar-refractivity contribution < 1.29 is 9.53 Å². The van der Waals surface area contributed by atoms with Crippen LogP contribution in [0.3, 0.4) is 0 Å². The predicted octanol–water partition coefficient (Wildman–Crippen LogP) is 4.69. The third kappa shape index (κ3) is 6.07. The smallest absolute Gasteiger partial charge is 0.337 e. The Morgan fingerprint density at radius 2 is 1.90 bits per heavy atom. The number of hydrogen-bond donors (Lipinski definition) is 0. The minimum absolute atomic E-state index is 0.118. The van der Waals surface area contributed by atoms with E-state index in [9.17, 15) is 9.59 Å². The van der Waals surface area contributed by atoms with Gasteiger partial charge in [0, 0.05) is 24.3 Å². The summed E-state index contributed by atoms with van der Waals surface area (Å²) in [6.45, 7) is 6.67. The molecule has 0 atom stereocenters. The van der Waals surface area contributed by atoms with Crippen LogP contribution in [0.1, 0.15) is 77.7 Å². The molecule has 1 aromatic carbocycles. The van der Waals surface area contributed by atoms with Crippen LogP contribution in [0.15, 0.2) is 35.1 Å². The number of ether oxygens (including phenoxy) is 1. The number of esters is 1. The number of carbonyl (C=O) groups excluding carboxylic acids is 1. The van der Waals surface area contributed by atoms with Crippen molar-refractivity contribution in [3.63, 3.8) is 0 Å². The van der Waals surface area contributed by atoms with Crippen molar-refractivity contribution in [2.75, 3.05) is 20.7 Å². The monoisotopic (exact) mass is 424 g/mol. The first-order valence-electron chi connectivity index (χ1n) is 11.5. The van der Waals surface area contributed by atoms with Gasteiger partial charge in [0.05, 0.1) is 12.7 Å². The van der Waals surface area contributed by atoms with Gasteiger partial charge in [-0.1, -0.05) is 31.9 Å². The molecule has 5 nitrogen and oxygen atoms in total. The fourth-order valence-electron chi connectivity index (χ4n) is 4.16. The van der Waals surface area contributed by atoms with Crippen molar-refractivity contribution in [2.24, 2.45) is 0 Å². The van der Waals surface area contributed by atoms with Gasteiger partial charge in [-0.25, -0.2) is 4.79 Å². The minimum Gasteiger partial charge on any atom is -0.465 e. The maximum atomic E-state index is 13.1. The molecule has 5 heteroatoms. The maximum Gasteiger partial charge on any atom is 0.337 e. The molecule has 31 heavy (non-hydrogen) atoms. The normalized spacial score (nSPS) is 13.6. The maximum absolute atomic E-state index is 13.1. The first-order chi connectivity index (χ1) is 14.9. The molecule has 3 rings (SSSR count). The highest BCUT2D eigenvalue weighted by Crippen LogP contribution is 2.42. The lowest BCUT2D eigenvalue weighted by Crippen LogP contribution is -2.31. The molecule has 0 bridgehead atoms. The van der Waals surface area contributed by atoms with Crippen LogP contribution in [0.4, 0.5) is 0 Å². The molecule has 0 radical (unpaired) electrons. The summed E-state index contributed by atoms with van der Waals surface area (Å²) in [7, 11) is 3.55. The molecule has 0 amide bonds. The van der Waals surface area contributed by atoms with Crippen LogP contribution in [0.5, 0.6) is 0 Å². The number of unbranched alkanes of at least 4 members (excludes halogenated alkanes) is 2. The number of nitrogens with zero attached hydrogens (tertiary/aromatic N) is 2. The quantitative estimate of drug-likeness (QED) is 0.388. The molecule has 1 aromatic heterocycles. The molecule has 1 fully saturated rings. The Balaban J connectivity index is 1.82. The molecule has 1 aliphatic rings. The molecular weight excluding hydrogens is 388 g/mol. The molecule has 0 N–H and O–H groups in total. The van der Waals surface area contributed by atoms with Crippen molar-refractivity contribution in [1.82, 2.24) is 9.47 Å². The molecular formula is C26H36N2O3. The lowest BCUT2D eigenvalue weighted by molar-refractivity contribution is 0.0600. The van der Waals surface area contributed by atoms with E-state index < -0.39 is 0 Å². The molecule has 0 spiro atoms. The summed E-state index contributed by atoms with van der Waals surface area (Å²) in [6.07, 6.45) is 6.83. The summed E-state index contributed by atoms with van der Waals surface area (Å²) in [6, 6.07) is 9.62. The van der Waals surface area contributed by atoms with E-state index in [2.05, 4.69) is 24.9 Å². The predicted molar refractivity (Wildman–Crippen MR) is 125 cm³/mol. The van der Waals surface area contributed by atoms with Crippen LogP contribution < -0.4 is 5.56 Å². The number of pyridine rings is 1. The number of aryl methyl sites for hydroxylation is 2. The molecule has 168 valence electrons. The van der Waals surface area contributed by atoms with E-state index in [1.807, 2.05) is 23.6 Å². The van der Waals surface area contributed by atoms with Gasteiger partial charge >= 0.3 is 5.97 Å². The number of hydrogen-bond acceptors (Lipinski definition) is 4. The molecule has 1 aliphatic carbocycles. The highest BCUT2D eigenvalue weighted by molar-refractivity contribution is 5.89. The van der Waals surface area contributed by atoms with Crippen molar-refractivity contribution in [1.29, 1.82) is 0 Å². The fourth-order valence-corrected chi connectivity index (χ4v) is 4.16. The van der Waals surface area contributed by atoms with Crippen LogP contribution in [-0.4, -0.2) is 36.1 Å². The second kappa shape index (κ2) is 10.8. The highest BCUT2D eigenvalue weighted by Gasteiger charge is 2.28. The largest absolute Gasteiger partial charge is 0.465 e. The van der Waals surface area contributed by atoms with Crippen LogP contribution in [0, 0.1) is 6.92 Å². The third-order valence-electron chi connectivity index (χ3n) is 6.19. The van der Waals surface area contributed by atoms with Gasteiger partial charge in [0.2, 0.25) is 0 Å². The Kier molecular flexibility index (Phi) is 8.08. The van der Waals surface area contributed by atoms with E-state index in [-0.39, 0.29) is 11.5 Å². The zero-order chi connectivity index (χ0) is 22.4. The number of carbonyl (C=O) groups is 1. The summed E-state index contributed by atoms with van der Waals surface area (Å²) in [5.41, 5.74) is 5.15. The highest BCUT2D eigenvalue weighted by atomic mass is 16.5. The van der Waals surface area contributed by atoms with E-state index in [4.69, 9.17) is 4.74 Å². The van der Waals surface area contributed by atoms with Crippen LogP contribution in [-0.2, 0) is 24.2 Å². The zero-order valence-corrected chi connectivity index (χ0v) is 19.4. The van der Waals surface area contributed by atoms with Crippen molar-refractivity contribution >= 4 is 5.97 Å². The first-order valence-corrected chi connectivity index (χ1v) is 11.5. The van der Waals surface area contributed by atoms with E-state index in [0.717, 1.165) is 30.6 Å². The third-order valence-corrected chi connectivity index (χ3v) is 6.19.